The first-order valence-corrected chi connectivity index (χ1v) is 14.0. The molecule has 0 spiro atoms. The van der Waals surface area contributed by atoms with Crippen LogP contribution >= 0.6 is 34.5 Å². The van der Waals surface area contributed by atoms with E-state index in [1.807, 2.05) is 41.3 Å². The van der Waals surface area contributed by atoms with E-state index in [2.05, 4.69) is 9.71 Å². The van der Waals surface area contributed by atoms with Crippen molar-refractivity contribution in [2.24, 2.45) is 14.1 Å². The Labute approximate surface area is 215 Å². The molecule has 0 unspecified atom stereocenters. The average molecular weight is 547 g/mol. The Morgan fingerprint density at radius 2 is 1.77 bits per heavy atom. The van der Waals surface area contributed by atoms with Crippen molar-refractivity contribution in [1.82, 2.24) is 18.8 Å². The van der Waals surface area contributed by atoms with E-state index in [1.165, 1.54) is 11.3 Å². The Morgan fingerprint density at radius 1 is 1.00 bits per heavy atom. The third-order valence-electron chi connectivity index (χ3n) is 5.90. The van der Waals surface area contributed by atoms with E-state index in [9.17, 15) is 13.2 Å². The summed E-state index contributed by atoms with van der Waals surface area (Å²) in [5.41, 5.74) is 4.35. The Kier molecular flexibility index (Phi) is 6.01. The minimum absolute atomic E-state index is 0.146. The number of rotatable bonds is 5. The monoisotopic (exact) mass is 546 g/mol. The van der Waals surface area contributed by atoms with E-state index in [0.29, 0.717) is 26.2 Å². The van der Waals surface area contributed by atoms with Gasteiger partial charge >= 0.3 is 0 Å². The van der Waals surface area contributed by atoms with Crippen molar-refractivity contribution < 1.29 is 8.42 Å². The summed E-state index contributed by atoms with van der Waals surface area (Å²) in [6.45, 7) is 0.146. The fourth-order valence-electron chi connectivity index (χ4n) is 4.27. The summed E-state index contributed by atoms with van der Waals surface area (Å²) in [5.74, 6) is 0. The summed E-state index contributed by atoms with van der Waals surface area (Å²) >= 11 is 13.9. The topological polar surface area (TPSA) is 86.0 Å². The first-order chi connectivity index (χ1) is 16.5. The van der Waals surface area contributed by atoms with Crippen LogP contribution in [0.15, 0.2) is 52.6 Å². The van der Waals surface area contributed by atoms with Gasteiger partial charge in [-0.3, -0.25) is 9.36 Å². The van der Waals surface area contributed by atoms with Crippen LogP contribution < -0.4 is 10.3 Å². The van der Waals surface area contributed by atoms with E-state index in [1.54, 1.807) is 29.8 Å². The molecule has 0 aliphatic heterocycles. The zero-order valence-electron chi connectivity index (χ0n) is 19.0. The molecule has 3 aromatic heterocycles. The molecular formula is C24H20Cl2N4O3S2. The van der Waals surface area contributed by atoms with Crippen molar-refractivity contribution in [3.8, 4) is 22.4 Å². The highest BCUT2D eigenvalue weighted by molar-refractivity contribution is 7.88. The van der Waals surface area contributed by atoms with Crippen LogP contribution in [0.1, 0.15) is 5.01 Å². The highest BCUT2D eigenvalue weighted by atomic mass is 35.5. The van der Waals surface area contributed by atoms with Crippen LogP contribution in [0.25, 0.3) is 44.3 Å². The number of thiazole rings is 1. The molecule has 0 amide bonds. The van der Waals surface area contributed by atoms with Crippen LogP contribution in [0.5, 0.6) is 0 Å². The summed E-state index contributed by atoms with van der Waals surface area (Å²) in [6, 6.07) is 13.0. The third kappa shape index (κ3) is 4.39. The van der Waals surface area contributed by atoms with Gasteiger partial charge in [0, 0.05) is 52.0 Å². The van der Waals surface area contributed by atoms with Gasteiger partial charge in [0.2, 0.25) is 10.0 Å². The van der Waals surface area contributed by atoms with Gasteiger partial charge in [-0.15, -0.1) is 11.3 Å². The lowest BCUT2D eigenvalue weighted by molar-refractivity contribution is 0.587. The molecule has 0 saturated carbocycles. The number of aromatic nitrogens is 3. The summed E-state index contributed by atoms with van der Waals surface area (Å²) in [7, 11) is 0.377. The second kappa shape index (κ2) is 8.76. The first-order valence-electron chi connectivity index (χ1n) is 10.5. The number of nitrogens with zero attached hydrogens (tertiary/aromatic N) is 3. The molecule has 0 bridgehead atoms. The van der Waals surface area contributed by atoms with Crippen LogP contribution in [-0.4, -0.2) is 28.8 Å². The molecule has 7 nitrogen and oxygen atoms in total. The number of hydrogen-bond acceptors (Lipinski definition) is 5. The third-order valence-corrected chi connectivity index (χ3v) is 7.97. The van der Waals surface area contributed by atoms with E-state index < -0.39 is 10.0 Å². The maximum absolute atomic E-state index is 13.3. The number of sulfonamides is 1. The van der Waals surface area contributed by atoms with E-state index in [0.717, 1.165) is 39.4 Å². The van der Waals surface area contributed by atoms with Crippen LogP contribution in [0, 0.1) is 0 Å². The highest BCUT2D eigenvalue weighted by Crippen LogP contribution is 2.35. The van der Waals surface area contributed by atoms with Crippen LogP contribution in [0.2, 0.25) is 10.0 Å². The van der Waals surface area contributed by atoms with Gasteiger partial charge < -0.3 is 4.57 Å². The minimum Gasteiger partial charge on any atom is -0.330 e. The second-order valence-electron chi connectivity index (χ2n) is 8.29. The molecular weight excluding hydrogens is 527 g/mol. The normalized spacial score (nSPS) is 12.1. The summed E-state index contributed by atoms with van der Waals surface area (Å²) < 4.78 is 28.9. The summed E-state index contributed by atoms with van der Waals surface area (Å²) in [4.78, 5) is 17.9. The van der Waals surface area contributed by atoms with Crippen molar-refractivity contribution in [2.75, 3.05) is 6.26 Å². The highest BCUT2D eigenvalue weighted by Gasteiger charge is 2.18. The lowest BCUT2D eigenvalue weighted by Crippen LogP contribution is -2.21. The van der Waals surface area contributed by atoms with E-state index >= 15 is 0 Å². The minimum atomic E-state index is -3.30. The van der Waals surface area contributed by atoms with Gasteiger partial charge in [-0.25, -0.2) is 18.1 Å². The lowest BCUT2D eigenvalue weighted by Gasteiger charge is -2.09. The number of aryl methyl sites for hydroxylation is 2. The maximum atomic E-state index is 13.3. The smallest absolute Gasteiger partial charge is 0.259 e. The van der Waals surface area contributed by atoms with Gasteiger partial charge in [-0.05, 0) is 30.3 Å². The fraction of sp³-hybridized carbons (Fsp3) is 0.167. The standard InChI is InChI=1S/C24H20Cl2N4O3S2/c1-29-21-7-4-13(20-12-34-22(28-20)11-27-35(3,32)33)8-16(21)17-10-18(24(31)30(2)23(17)29)15-6-5-14(25)9-19(15)26/h4-10,12,27H,11H2,1-3H3. The summed E-state index contributed by atoms with van der Waals surface area (Å²) in [5, 5.41) is 5.35. The lowest BCUT2D eigenvalue weighted by atomic mass is 10.0. The molecule has 11 heteroatoms. The Morgan fingerprint density at radius 3 is 2.49 bits per heavy atom. The van der Waals surface area contributed by atoms with Crippen LogP contribution in [-0.2, 0) is 30.7 Å². The predicted octanol–water partition coefficient (Wildman–Crippen LogP) is 5.18. The molecule has 0 saturated heterocycles. The predicted molar refractivity (Wildman–Crippen MR) is 144 cm³/mol. The Hall–Kier alpha value is -2.69. The van der Waals surface area contributed by atoms with Crippen molar-refractivity contribution in [2.45, 2.75) is 6.54 Å². The first kappa shape index (κ1) is 24.0. The Balaban J connectivity index is 1.68. The Bertz CT molecular complexity index is 1800. The molecule has 35 heavy (non-hydrogen) atoms. The zero-order chi connectivity index (χ0) is 25.1. The fourth-order valence-corrected chi connectivity index (χ4v) is 6.01. The van der Waals surface area contributed by atoms with E-state index in [4.69, 9.17) is 23.2 Å². The second-order valence-corrected chi connectivity index (χ2v) is 11.9. The molecule has 0 radical (unpaired) electrons. The average Bonchev–Trinajstić information content (AvgIpc) is 3.38. The van der Waals surface area contributed by atoms with Gasteiger partial charge in [-0.1, -0.05) is 35.3 Å². The van der Waals surface area contributed by atoms with Gasteiger partial charge in [0.15, 0.2) is 0 Å². The molecule has 0 atom stereocenters. The van der Waals surface area contributed by atoms with E-state index in [-0.39, 0.29) is 12.1 Å². The molecule has 5 aromatic rings. The molecule has 0 aliphatic carbocycles. The molecule has 180 valence electrons. The van der Waals surface area contributed by atoms with Gasteiger partial charge in [0.1, 0.15) is 10.7 Å². The largest absolute Gasteiger partial charge is 0.330 e. The molecule has 1 N–H and O–H groups in total. The number of fused-ring (bicyclic) bond motifs is 3. The number of pyridine rings is 1. The molecule has 2 aromatic carbocycles. The molecule has 0 fully saturated rings. The number of halogens is 2. The zero-order valence-corrected chi connectivity index (χ0v) is 22.1. The van der Waals surface area contributed by atoms with Gasteiger partial charge in [0.05, 0.1) is 29.0 Å². The van der Waals surface area contributed by atoms with Gasteiger partial charge in [0.25, 0.3) is 5.56 Å². The van der Waals surface area contributed by atoms with Crippen molar-refractivity contribution in [3.05, 3.63) is 73.3 Å². The molecule has 0 aliphatic rings. The number of nitrogens with one attached hydrogen (secondary N) is 1. The van der Waals surface area contributed by atoms with Crippen LogP contribution in [0.4, 0.5) is 0 Å². The molecule has 5 rings (SSSR count). The van der Waals surface area contributed by atoms with Crippen molar-refractivity contribution in [3.63, 3.8) is 0 Å². The SMILES string of the molecule is Cn1c(=O)c(-c2ccc(Cl)cc2Cl)cc2c3cc(-c4csc(CNS(C)(=O)=O)n4)ccc3n(C)c21. The number of benzene rings is 2. The number of hydrogen-bond donors (Lipinski definition) is 1. The van der Waals surface area contributed by atoms with Crippen LogP contribution in [0.3, 0.4) is 0 Å². The van der Waals surface area contributed by atoms with Gasteiger partial charge in [-0.2, -0.15) is 0 Å². The quantitative estimate of drug-likeness (QED) is 0.329. The molecule has 3 heterocycles. The van der Waals surface area contributed by atoms with Crippen molar-refractivity contribution >= 4 is 66.5 Å². The van der Waals surface area contributed by atoms with Crippen molar-refractivity contribution in [1.29, 1.82) is 0 Å². The summed E-state index contributed by atoms with van der Waals surface area (Å²) in [6.07, 6.45) is 1.12. The maximum Gasteiger partial charge on any atom is 0.259 e.